The summed E-state index contributed by atoms with van der Waals surface area (Å²) in [4.78, 5) is 14.0. The first kappa shape index (κ1) is 30.8. The quantitative estimate of drug-likeness (QED) is 0.244. The molecule has 4 aromatic rings. The lowest BCUT2D eigenvalue weighted by atomic mass is 9.91. The topological polar surface area (TPSA) is 121 Å². The van der Waals surface area contributed by atoms with E-state index in [-0.39, 0.29) is 71.6 Å². The number of thiophene rings is 1. The van der Waals surface area contributed by atoms with Gasteiger partial charge in [-0.2, -0.15) is 15.2 Å². The maximum Gasteiger partial charge on any atom is 0.319 e. The van der Waals surface area contributed by atoms with E-state index in [1.54, 1.807) is 6.92 Å². The summed E-state index contributed by atoms with van der Waals surface area (Å²) in [5, 5.41) is 22.1. The first-order valence-electron chi connectivity index (χ1n) is 16.2. The molecule has 8 rings (SSSR count). The van der Waals surface area contributed by atoms with Crippen LogP contribution in [0.4, 0.5) is 19.6 Å². The van der Waals surface area contributed by atoms with Gasteiger partial charge in [-0.1, -0.05) is 24.6 Å². The van der Waals surface area contributed by atoms with Gasteiger partial charge in [0.25, 0.3) is 0 Å². The monoisotopic (exact) mass is 680 g/mol. The molecular weight excluding hydrogens is 646 g/mol. The Morgan fingerprint density at radius 3 is 2.85 bits per heavy atom. The molecule has 13 heteroatoms. The zero-order valence-electron chi connectivity index (χ0n) is 26.2. The SMILES string of the molecule is C[C@H]1CN2CCC[C@@]2(COc2nc3c4c(c(Cl)c(-c5ccc(F)c6sc(N)c(C#N)c56)c(F)c4n2)OCC2N3CCCCC2(C)O)C1. The fourth-order valence-electron chi connectivity index (χ4n) is 8.52. The van der Waals surface area contributed by atoms with Crippen molar-refractivity contribution in [1.82, 2.24) is 14.9 Å². The van der Waals surface area contributed by atoms with Crippen molar-refractivity contribution in [3.05, 3.63) is 34.4 Å². The number of hydrogen-bond acceptors (Lipinski definition) is 10. The zero-order chi connectivity index (χ0) is 32.8. The fourth-order valence-corrected chi connectivity index (χ4v) is 9.80. The van der Waals surface area contributed by atoms with Crippen LogP contribution in [0, 0.1) is 28.9 Å². The average Bonchev–Trinajstić information content (AvgIpc) is 3.60. The molecule has 2 aromatic heterocycles. The van der Waals surface area contributed by atoms with Crippen molar-refractivity contribution in [2.75, 3.05) is 43.5 Å². The van der Waals surface area contributed by atoms with E-state index in [0.717, 1.165) is 56.5 Å². The molecule has 0 radical (unpaired) electrons. The molecular formula is C34H35ClF2N6O3S. The smallest absolute Gasteiger partial charge is 0.319 e. The van der Waals surface area contributed by atoms with Gasteiger partial charge in [-0.25, -0.2) is 8.78 Å². The van der Waals surface area contributed by atoms with Crippen molar-refractivity contribution in [3.8, 4) is 29.0 Å². The minimum atomic E-state index is -1.13. The minimum Gasteiger partial charge on any atom is -0.489 e. The molecule has 4 atom stereocenters. The number of halogens is 3. The number of nitriles is 1. The van der Waals surface area contributed by atoms with Crippen molar-refractivity contribution in [3.63, 3.8) is 0 Å². The molecule has 6 heterocycles. The van der Waals surface area contributed by atoms with E-state index in [0.29, 0.717) is 31.3 Å². The van der Waals surface area contributed by atoms with Crippen LogP contribution in [0.25, 0.3) is 32.1 Å². The summed E-state index contributed by atoms with van der Waals surface area (Å²) in [5.41, 5.74) is 4.96. The number of anilines is 2. The second-order valence-electron chi connectivity index (χ2n) is 13.8. The van der Waals surface area contributed by atoms with Gasteiger partial charge in [-0.3, -0.25) is 4.90 Å². The van der Waals surface area contributed by atoms with Gasteiger partial charge in [-0.15, -0.1) is 11.3 Å². The van der Waals surface area contributed by atoms with Crippen LogP contribution in [0.3, 0.4) is 0 Å². The van der Waals surface area contributed by atoms with Gasteiger partial charge in [0.15, 0.2) is 11.6 Å². The largest absolute Gasteiger partial charge is 0.489 e. The van der Waals surface area contributed by atoms with Gasteiger partial charge in [-0.05, 0) is 69.5 Å². The summed E-state index contributed by atoms with van der Waals surface area (Å²) in [5.74, 6) is -0.263. The molecule has 9 nitrogen and oxygen atoms in total. The predicted molar refractivity (Wildman–Crippen MR) is 178 cm³/mol. The van der Waals surface area contributed by atoms with Crippen LogP contribution in [-0.4, -0.2) is 70.0 Å². The summed E-state index contributed by atoms with van der Waals surface area (Å²) in [7, 11) is 0. The molecule has 4 aliphatic heterocycles. The van der Waals surface area contributed by atoms with Gasteiger partial charge in [0.1, 0.15) is 41.4 Å². The molecule has 0 amide bonds. The number of nitrogen functional groups attached to an aromatic ring is 1. The molecule has 0 spiro atoms. The summed E-state index contributed by atoms with van der Waals surface area (Å²) in [6.07, 6.45) is 5.25. The maximum absolute atomic E-state index is 17.2. The molecule has 2 unspecified atom stereocenters. The lowest BCUT2D eigenvalue weighted by Crippen LogP contribution is -2.53. The highest BCUT2D eigenvalue weighted by atomic mass is 35.5. The highest BCUT2D eigenvalue weighted by Gasteiger charge is 2.48. The molecule has 3 N–H and O–H groups in total. The van der Waals surface area contributed by atoms with E-state index in [1.165, 1.54) is 12.1 Å². The van der Waals surface area contributed by atoms with Crippen LogP contribution in [0.1, 0.15) is 57.9 Å². The molecule has 47 heavy (non-hydrogen) atoms. The number of hydrogen-bond donors (Lipinski definition) is 2. The predicted octanol–water partition coefficient (Wildman–Crippen LogP) is 6.65. The standard InChI is InChI=1S/C34H35ClF2N6O3S/c1-17-12-34(9-5-10-42(34)14-17)16-46-32-40-27-24-28(45-15-21-33(2,44)8-3-4-11-43(21)31(24)41-32)25(35)23(26(27)37)18-6-7-20(36)29-22(18)19(13-38)30(39)47-29/h6-7,17,21,44H,3-5,8-12,14-16,39H2,1-2H3/t17-,21?,33?,34+/m1/s1. The lowest BCUT2D eigenvalue weighted by molar-refractivity contribution is 0.0114. The Hall–Kier alpha value is -3.50. The molecule has 246 valence electrons. The molecule has 2 aromatic carbocycles. The summed E-state index contributed by atoms with van der Waals surface area (Å²) in [6.45, 7) is 7.05. The first-order chi connectivity index (χ1) is 22.5. The van der Waals surface area contributed by atoms with Crippen molar-refractivity contribution in [1.29, 1.82) is 5.26 Å². The number of rotatable bonds is 4. The zero-order valence-corrected chi connectivity index (χ0v) is 27.8. The lowest BCUT2D eigenvalue weighted by Gasteiger charge is -2.38. The Morgan fingerprint density at radius 1 is 1.21 bits per heavy atom. The second-order valence-corrected chi connectivity index (χ2v) is 15.3. The number of aromatic nitrogens is 2. The second kappa shape index (κ2) is 11.0. The van der Waals surface area contributed by atoms with Crippen molar-refractivity contribution in [2.45, 2.75) is 69.6 Å². The van der Waals surface area contributed by atoms with Gasteiger partial charge in [0.05, 0.1) is 37.9 Å². The van der Waals surface area contributed by atoms with Gasteiger partial charge in [0.2, 0.25) is 0 Å². The van der Waals surface area contributed by atoms with Crippen LogP contribution >= 0.6 is 22.9 Å². The Kier molecular flexibility index (Phi) is 7.22. The van der Waals surface area contributed by atoms with Crippen LogP contribution in [0.2, 0.25) is 5.02 Å². The van der Waals surface area contributed by atoms with Crippen molar-refractivity contribution < 1.29 is 23.4 Å². The van der Waals surface area contributed by atoms with E-state index in [1.807, 2.05) is 4.90 Å². The van der Waals surface area contributed by atoms with E-state index in [2.05, 4.69) is 22.9 Å². The number of ether oxygens (including phenoxy) is 2. The third kappa shape index (κ3) is 4.65. The molecule has 0 bridgehead atoms. The third-order valence-corrected chi connectivity index (χ3v) is 12.1. The summed E-state index contributed by atoms with van der Waals surface area (Å²) >= 11 is 7.99. The maximum atomic E-state index is 17.2. The molecule has 0 saturated carbocycles. The highest BCUT2D eigenvalue weighted by Crippen LogP contribution is 2.52. The minimum absolute atomic E-state index is 0.0256. The number of aliphatic hydroxyl groups is 1. The number of nitrogens with two attached hydrogens (primary N) is 1. The third-order valence-electron chi connectivity index (χ3n) is 10.7. The van der Waals surface area contributed by atoms with Crippen molar-refractivity contribution in [2.24, 2.45) is 5.92 Å². The molecule has 4 aliphatic rings. The first-order valence-corrected chi connectivity index (χ1v) is 17.4. The van der Waals surface area contributed by atoms with Gasteiger partial charge in [0, 0.05) is 24.0 Å². The van der Waals surface area contributed by atoms with E-state index >= 15 is 8.78 Å². The average molecular weight is 681 g/mol. The van der Waals surface area contributed by atoms with E-state index in [4.69, 9.17) is 31.8 Å². The molecule has 3 saturated heterocycles. The summed E-state index contributed by atoms with van der Waals surface area (Å²) in [6, 6.07) is 4.18. The number of benzene rings is 2. The van der Waals surface area contributed by atoms with E-state index < -0.39 is 23.3 Å². The van der Waals surface area contributed by atoms with E-state index in [9.17, 15) is 10.4 Å². The van der Waals surface area contributed by atoms with Crippen LogP contribution in [-0.2, 0) is 0 Å². The van der Waals surface area contributed by atoms with Crippen LogP contribution in [0.15, 0.2) is 12.1 Å². The highest BCUT2D eigenvalue weighted by molar-refractivity contribution is 7.23. The van der Waals surface area contributed by atoms with Crippen molar-refractivity contribution >= 4 is 54.7 Å². The molecule has 0 aliphatic carbocycles. The fraction of sp³-hybridized carbons (Fsp3) is 0.500. The summed E-state index contributed by atoms with van der Waals surface area (Å²) < 4.78 is 45.2. The van der Waals surface area contributed by atoms with Gasteiger partial charge < -0.3 is 25.2 Å². The Morgan fingerprint density at radius 2 is 2.04 bits per heavy atom. The number of nitrogens with zero attached hydrogens (tertiary/aromatic N) is 5. The Balaban J connectivity index is 1.36. The molecule has 3 fully saturated rings. The normalized spacial score (nSPS) is 27.3. The van der Waals surface area contributed by atoms with Gasteiger partial charge >= 0.3 is 6.01 Å². The Labute approximate surface area is 279 Å². The van der Waals surface area contributed by atoms with Crippen LogP contribution in [0.5, 0.6) is 11.8 Å². The Bertz CT molecular complexity index is 2000. The van der Waals surface area contributed by atoms with Crippen LogP contribution < -0.4 is 20.1 Å². The number of fused-ring (bicyclic) bond motifs is 4.